The Bertz CT molecular complexity index is 126. The molecule has 1 aliphatic rings. The molecule has 1 atom stereocenters. The Morgan fingerprint density at radius 1 is 1.17 bits per heavy atom. The predicted molar refractivity (Wildman–Crippen MR) is 40.2 cm³/mol. The van der Waals surface area contributed by atoms with Crippen LogP contribution in [-0.2, 0) is 0 Å². The smallest absolute Gasteiger partial charge is 0.270 e. The number of halogens is 3. The van der Waals surface area contributed by atoms with Gasteiger partial charge in [0.05, 0.1) is 0 Å². The van der Waals surface area contributed by atoms with Crippen molar-refractivity contribution < 1.29 is 13.2 Å². The Labute approximate surface area is 69.7 Å². The highest BCUT2D eigenvalue weighted by molar-refractivity contribution is 4.72. The molecule has 0 bridgehead atoms. The van der Waals surface area contributed by atoms with E-state index in [1.165, 1.54) is 0 Å². The molecular weight excluding hydrogens is 169 g/mol. The second-order valence-corrected chi connectivity index (χ2v) is 2.90. The topological polar surface area (TPSA) is 15.3 Å². The van der Waals surface area contributed by atoms with Crippen LogP contribution in [0.25, 0.3) is 0 Å². The summed E-state index contributed by atoms with van der Waals surface area (Å²) in [6.45, 7) is 2.70. The zero-order valence-corrected chi connectivity index (χ0v) is 6.77. The van der Waals surface area contributed by atoms with Gasteiger partial charge in [0.25, 0.3) is 6.43 Å². The van der Waals surface area contributed by atoms with E-state index < -0.39 is 12.6 Å². The molecule has 1 fully saturated rings. The van der Waals surface area contributed by atoms with E-state index in [-0.39, 0.29) is 6.54 Å². The summed E-state index contributed by atoms with van der Waals surface area (Å²) in [5, 5.41) is 3.07. The Kier molecular flexibility index (Phi) is 3.81. The van der Waals surface area contributed by atoms with Crippen molar-refractivity contribution in [2.45, 2.75) is 12.6 Å². The minimum absolute atomic E-state index is 0.140. The first-order chi connectivity index (χ1) is 5.70. The molecule has 0 radical (unpaired) electrons. The average Bonchev–Trinajstić information content (AvgIpc) is 2.06. The van der Waals surface area contributed by atoms with E-state index in [1.807, 2.05) is 0 Å². The van der Waals surface area contributed by atoms with Crippen LogP contribution in [0.2, 0.25) is 0 Å². The number of nitrogens with one attached hydrogen (secondary N) is 1. The standard InChI is InChI=1S/C7H13F3N2/c8-6(7(9)10)5-12-3-1-11-2-4-12/h6-7,11H,1-5H2. The first kappa shape index (κ1) is 9.80. The Morgan fingerprint density at radius 2 is 1.75 bits per heavy atom. The quantitative estimate of drug-likeness (QED) is 0.683. The zero-order valence-electron chi connectivity index (χ0n) is 6.77. The largest absolute Gasteiger partial charge is 0.314 e. The molecule has 1 unspecified atom stereocenters. The van der Waals surface area contributed by atoms with Crippen molar-refractivity contribution in [1.82, 2.24) is 10.2 Å². The second kappa shape index (κ2) is 4.67. The lowest BCUT2D eigenvalue weighted by molar-refractivity contribution is 0.0255. The normalized spacial score (nSPS) is 23.0. The maximum atomic E-state index is 12.5. The van der Waals surface area contributed by atoms with Gasteiger partial charge >= 0.3 is 0 Å². The van der Waals surface area contributed by atoms with Crippen LogP contribution >= 0.6 is 0 Å². The number of hydrogen-bond acceptors (Lipinski definition) is 2. The lowest BCUT2D eigenvalue weighted by Crippen LogP contribution is -2.46. The summed E-state index contributed by atoms with van der Waals surface area (Å²) in [6, 6.07) is 0. The molecule has 0 saturated carbocycles. The molecule has 5 heteroatoms. The van der Waals surface area contributed by atoms with Crippen LogP contribution in [0.5, 0.6) is 0 Å². The summed E-state index contributed by atoms with van der Waals surface area (Å²) in [7, 11) is 0. The molecule has 1 rings (SSSR count). The molecule has 0 aliphatic carbocycles. The second-order valence-electron chi connectivity index (χ2n) is 2.90. The molecule has 1 heterocycles. The van der Waals surface area contributed by atoms with E-state index in [2.05, 4.69) is 5.32 Å². The van der Waals surface area contributed by atoms with Gasteiger partial charge in [0.2, 0.25) is 0 Å². The van der Waals surface area contributed by atoms with E-state index in [1.54, 1.807) is 4.90 Å². The fourth-order valence-corrected chi connectivity index (χ4v) is 1.22. The van der Waals surface area contributed by atoms with Crippen LogP contribution in [0.4, 0.5) is 13.2 Å². The summed E-state index contributed by atoms with van der Waals surface area (Å²) in [5.41, 5.74) is 0. The monoisotopic (exact) mass is 182 g/mol. The highest BCUT2D eigenvalue weighted by Gasteiger charge is 2.22. The maximum Gasteiger partial charge on any atom is 0.270 e. The lowest BCUT2D eigenvalue weighted by atomic mass is 10.3. The summed E-state index contributed by atoms with van der Waals surface area (Å²) >= 11 is 0. The average molecular weight is 182 g/mol. The number of rotatable bonds is 3. The summed E-state index contributed by atoms with van der Waals surface area (Å²) in [6.07, 6.45) is -4.84. The first-order valence-electron chi connectivity index (χ1n) is 4.05. The molecule has 72 valence electrons. The number of hydrogen-bond donors (Lipinski definition) is 1. The minimum Gasteiger partial charge on any atom is -0.314 e. The van der Waals surface area contributed by atoms with Crippen molar-refractivity contribution in [3.05, 3.63) is 0 Å². The van der Waals surface area contributed by atoms with Crippen molar-refractivity contribution >= 4 is 0 Å². The van der Waals surface area contributed by atoms with Crippen LogP contribution in [0.15, 0.2) is 0 Å². The minimum atomic E-state index is -2.85. The van der Waals surface area contributed by atoms with Gasteiger partial charge in [0.15, 0.2) is 6.17 Å². The third kappa shape index (κ3) is 2.98. The predicted octanol–water partition coefficient (Wildman–Crippen LogP) is 0.495. The first-order valence-corrected chi connectivity index (χ1v) is 4.05. The van der Waals surface area contributed by atoms with E-state index in [0.29, 0.717) is 13.1 Å². The zero-order chi connectivity index (χ0) is 8.97. The summed E-state index contributed by atoms with van der Waals surface area (Å²) in [5.74, 6) is 0. The van der Waals surface area contributed by atoms with Crippen molar-refractivity contribution in [3.63, 3.8) is 0 Å². The van der Waals surface area contributed by atoms with Gasteiger partial charge in [-0.05, 0) is 0 Å². The highest BCUT2D eigenvalue weighted by atomic mass is 19.3. The van der Waals surface area contributed by atoms with E-state index in [0.717, 1.165) is 13.1 Å². The van der Waals surface area contributed by atoms with E-state index in [4.69, 9.17) is 0 Å². The number of nitrogens with zero attached hydrogens (tertiary/aromatic N) is 1. The SMILES string of the molecule is FC(F)C(F)CN1CCNCC1. The van der Waals surface area contributed by atoms with Gasteiger partial charge in [-0.1, -0.05) is 0 Å². The third-order valence-corrected chi connectivity index (χ3v) is 1.92. The van der Waals surface area contributed by atoms with Gasteiger partial charge < -0.3 is 5.32 Å². The maximum absolute atomic E-state index is 12.5. The molecule has 2 nitrogen and oxygen atoms in total. The molecule has 0 aromatic rings. The highest BCUT2D eigenvalue weighted by Crippen LogP contribution is 2.07. The molecule has 1 N–H and O–H groups in total. The summed E-state index contributed by atoms with van der Waals surface area (Å²) < 4.78 is 36.0. The fourth-order valence-electron chi connectivity index (χ4n) is 1.22. The molecule has 1 aliphatic heterocycles. The molecule has 0 spiro atoms. The van der Waals surface area contributed by atoms with Crippen molar-refractivity contribution in [2.24, 2.45) is 0 Å². The van der Waals surface area contributed by atoms with Gasteiger partial charge in [-0.2, -0.15) is 0 Å². The Hall–Kier alpha value is -0.290. The van der Waals surface area contributed by atoms with Crippen molar-refractivity contribution in [1.29, 1.82) is 0 Å². The van der Waals surface area contributed by atoms with Crippen LogP contribution < -0.4 is 5.32 Å². The van der Waals surface area contributed by atoms with Crippen LogP contribution in [0, 0.1) is 0 Å². The van der Waals surface area contributed by atoms with Crippen LogP contribution in [0.3, 0.4) is 0 Å². The molecule has 0 aromatic carbocycles. The fraction of sp³-hybridized carbons (Fsp3) is 1.00. The Balaban J connectivity index is 2.20. The molecule has 0 aromatic heterocycles. The van der Waals surface area contributed by atoms with Crippen molar-refractivity contribution in [2.75, 3.05) is 32.7 Å². The van der Waals surface area contributed by atoms with E-state index >= 15 is 0 Å². The number of alkyl halides is 3. The van der Waals surface area contributed by atoms with Gasteiger partial charge in [-0.3, -0.25) is 4.90 Å². The molecule has 12 heavy (non-hydrogen) atoms. The molecular formula is C7H13F3N2. The Morgan fingerprint density at radius 3 is 2.25 bits per heavy atom. The summed E-state index contributed by atoms with van der Waals surface area (Å²) in [4.78, 5) is 1.72. The van der Waals surface area contributed by atoms with Gasteiger partial charge in [0.1, 0.15) is 0 Å². The number of piperazine rings is 1. The van der Waals surface area contributed by atoms with Gasteiger partial charge in [-0.25, -0.2) is 13.2 Å². The lowest BCUT2D eigenvalue weighted by Gasteiger charge is -2.28. The molecule has 0 amide bonds. The van der Waals surface area contributed by atoms with Crippen LogP contribution in [-0.4, -0.2) is 50.2 Å². The molecule has 1 saturated heterocycles. The van der Waals surface area contributed by atoms with Gasteiger partial charge in [0, 0.05) is 32.7 Å². The van der Waals surface area contributed by atoms with Crippen LogP contribution in [0.1, 0.15) is 0 Å². The van der Waals surface area contributed by atoms with E-state index in [9.17, 15) is 13.2 Å². The van der Waals surface area contributed by atoms with Gasteiger partial charge in [-0.15, -0.1) is 0 Å². The van der Waals surface area contributed by atoms with Crippen molar-refractivity contribution in [3.8, 4) is 0 Å². The third-order valence-electron chi connectivity index (χ3n) is 1.92.